The third kappa shape index (κ3) is 3.87. The van der Waals surface area contributed by atoms with Gasteiger partial charge in [-0.2, -0.15) is 8.42 Å². The predicted molar refractivity (Wildman–Crippen MR) is 91.0 cm³/mol. The van der Waals surface area contributed by atoms with Crippen molar-refractivity contribution in [2.75, 3.05) is 0 Å². The van der Waals surface area contributed by atoms with E-state index in [0.717, 1.165) is 55.0 Å². The number of rotatable bonds is 7. The molecule has 0 saturated heterocycles. The molecule has 0 bridgehead atoms. The van der Waals surface area contributed by atoms with Gasteiger partial charge in [0.2, 0.25) is 0 Å². The number of benzene rings is 2. The number of hydrogen-bond donors (Lipinski definition) is 1. The van der Waals surface area contributed by atoms with Crippen LogP contribution in [0.2, 0.25) is 0 Å². The van der Waals surface area contributed by atoms with Gasteiger partial charge in [-0.15, -0.1) is 0 Å². The first-order valence-corrected chi connectivity index (χ1v) is 9.43. The van der Waals surface area contributed by atoms with Gasteiger partial charge < -0.3 is 0 Å². The second-order valence-corrected chi connectivity index (χ2v) is 7.18. The van der Waals surface area contributed by atoms with Crippen LogP contribution in [-0.4, -0.2) is 13.0 Å². The summed E-state index contributed by atoms with van der Waals surface area (Å²) in [5.41, 5.74) is 2.13. The van der Waals surface area contributed by atoms with E-state index in [1.165, 1.54) is 0 Å². The van der Waals surface area contributed by atoms with Gasteiger partial charge >= 0.3 is 0 Å². The Hall–Kier alpha value is -1.39. The Bertz CT molecular complexity index is 748. The molecular formula is C18H24O3S. The number of unbranched alkanes of at least 4 members (excludes halogenated alkanes) is 2. The topological polar surface area (TPSA) is 54.4 Å². The van der Waals surface area contributed by atoms with Crippen molar-refractivity contribution in [2.45, 2.75) is 57.3 Å². The maximum absolute atomic E-state index is 11.8. The van der Waals surface area contributed by atoms with E-state index in [4.69, 9.17) is 0 Å². The van der Waals surface area contributed by atoms with Crippen LogP contribution < -0.4 is 0 Å². The molecule has 0 radical (unpaired) electrons. The van der Waals surface area contributed by atoms with Crippen molar-refractivity contribution in [3.05, 3.63) is 41.5 Å². The highest BCUT2D eigenvalue weighted by molar-refractivity contribution is 7.86. The summed E-state index contributed by atoms with van der Waals surface area (Å²) in [6.45, 7) is 4.25. The molecule has 2 aromatic carbocycles. The summed E-state index contributed by atoms with van der Waals surface area (Å²) in [5, 5.41) is 1.58. The van der Waals surface area contributed by atoms with Crippen LogP contribution in [0.3, 0.4) is 0 Å². The Balaban J connectivity index is 2.65. The first kappa shape index (κ1) is 17.0. The highest BCUT2D eigenvalue weighted by atomic mass is 32.2. The van der Waals surface area contributed by atoms with Crippen LogP contribution in [0.1, 0.15) is 50.7 Å². The Kier molecular flexibility index (Phi) is 5.59. The second kappa shape index (κ2) is 7.25. The van der Waals surface area contributed by atoms with Crippen molar-refractivity contribution in [2.24, 2.45) is 0 Å². The fourth-order valence-electron chi connectivity index (χ4n) is 2.80. The molecule has 0 unspecified atom stereocenters. The zero-order valence-corrected chi connectivity index (χ0v) is 14.1. The zero-order chi connectivity index (χ0) is 16.2. The van der Waals surface area contributed by atoms with Gasteiger partial charge in [0.05, 0.1) is 0 Å². The van der Waals surface area contributed by atoms with E-state index in [1.807, 2.05) is 6.07 Å². The molecular weight excluding hydrogens is 296 g/mol. The lowest BCUT2D eigenvalue weighted by Crippen LogP contribution is -2.02. The maximum Gasteiger partial charge on any atom is 0.295 e. The molecule has 2 aromatic rings. The summed E-state index contributed by atoms with van der Waals surface area (Å²) in [6.07, 6.45) is 5.98. The fourth-order valence-corrected chi connectivity index (χ4v) is 3.55. The van der Waals surface area contributed by atoms with Crippen molar-refractivity contribution < 1.29 is 13.0 Å². The molecule has 0 heterocycles. The van der Waals surface area contributed by atoms with E-state index < -0.39 is 10.1 Å². The van der Waals surface area contributed by atoms with Crippen LogP contribution >= 0.6 is 0 Å². The third-order valence-corrected chi connectivity index (χ3v) is 4.90. The van der Waals surface area contributed by atoms with Gasteiger partial charge in [-0.3, -0.25) is 4.55 Å². The quantitative estimate of drug-likeness (QED) is 0.747. The molecule has 0 saturated carbocycles. The Morgan fingerprint density at radius 3 is 2.27 bits per heavy atom. The summed E-state index contributed by atoms with van der Waals surface area (Å²) in [5.74, 6) is 0. The van der Waals surface area contributed by atoms with Crippen LogP contribution in [0, 0.1) is 0 Å². The van der Waals surface area contributed by atoms with Gasteiger partial charge in [-0.1, -0.05) is 51.0 Å². The SMILES string of the molecule is CCCCc1cc(S(=O)(=O)O)c2cccc(CCCC)c2c1. The highest BCUT2D eigenvalue weighted by Gasteiger charge is 2.16. The molecule has 0 aliphatic heterocycles. The molecule has 0 aliphatic carbocycles. The molecule has 22 heavy (non-hydrogen) atoms. The number of fused-ring (bicyclic) bond motifs is 1. The van der Waals surface area contributed by atoms with Gasteiger partial charge in [0.1, 0.15) is 4.90 Å². The summed E-state index contributed by atoms with van der Waals surface area (Å²) < 4.78 is 33.1. The van der Waals surface area contributed by atoms with Crippen LogP contribution in [0.15, 0.2) is 35.2 Å². The molecule has 0 atom stereocenters. The largest absolute Gasteiger partial charge is 0.295 e. The van der Waals surface area contributed by atoms with E-state index in [0.29, 0.717) is 5.39 Å². The van der Waals surface area contributed by atoms with Crippen LogP contribution in [0.5, 0.6) is 0 Å². The van der Waals surface area contributed by atoms with Crippen molar-refractivity contribution >= 4 is 20.9 Å². The van der Waals surface area contributed by atoms with Gasteiger partial charge in [-0.05, 0) is 48.3 Å². The summed E-state index contributed by atoms with van der Waals surface area (Å²) in [7, 11) is -4.21. The summed E-state index contributed by atoms with van der Waals surface area (Å²) in [6, 6.07) is 9.40. The van der Waals surface area contributed by atoms with Gasteiger partial charge in [0.25, 0.3) is 10.1 Å². The molecule has 2 rings (SSSR count). The second-order valence-electron chi connectivity index (χ2n) is 5.79. The standard InChI is InChI=1S/C18H24O3S/c1-3-5-8-14-12-17-15(9-6-4-2)10-7-11-16(17)18(13-14)22(19,20)21/h7,10-13H,3-6,8-9H2,1-2H3,(H,19,20,21). The Morgan fingerprint density at radius 1 is 0.955 bits per heavy atom. The normalized spacial score (nSPS) is 12.0. The molecule has 3 nitrogen and oxygen atoms in total. The van der Waals surface area contributed by atoms with Crippen LogP contribution in [0.25, 0.3) is 10.8 Å². The summed E-state index contributed by atoms with van der Waals surface area (Å²) in [4.78, 5) is 0.0365. The molecule has 0 aromatic heterocycles. The average molecular weight is 320 g/mol. The smallest absolute Gasteiger partial charge is 0.282 e. The Labute approximate surface area is 133 Å². The van der Waals surface area contributed by atoms with E-state index in [-0.39, 0.29) is 4.90 Å². The molecule has 0 fully saturated rings. The molecule has 4 heteroatoms. The Morgan fingerprint density at radius 2 is 1.64 bits per heavy atom. The van der Waals surface area contributed by atoms with Crippen LogP contribution in [-0.2, 0) is 23.0 Å². The fraction of sp³-hybridized carbons (Fsp3) is 0.444. The lowest BCUT2D eigenvalue weighted by Gasteiger charge is -2.12. The molecule has 120 valence electrons. The van der Waals surface area contributed by atoms with Crippen LogP contribution in [0.4, 0.5) is 0 Å². The first-order valence-electron chi connectivity index (χ1n) is 7.99. The lowest BCUT2D eigenvalue weighted by molar-refractivity contribution is 0.484. The molecule has 0 amide bonds. The monoisotopic (exact) mass is 320 g/mol. The molecule has 0 spiro atoms. The first-order chi connectivity index (χ1) is 10.5. The summed E-state index contributed by atoms with van der Waals surface area (Å²) >= 11 is 0. The minimum absolute atomic E-state index is 0.0365. The van der Waals surface area contributed by atoms with Crippen molar-refractivity contribution in [1.82, 2.24) is 0 Å². The van der Waals surface area contributed by atoms with E-state index in [2.05, 4.69) is 26.0 Å². The average Bonchev–Trinajstić information content (AvgIpc) is 2.49. The minimum atomic E-state index is -4.21. The maximum atomic E-state index is 11.8. The van der Waals surface area contributed by atoms with E-state index in [9.17, 15) is 13.0 Å². The van der Waals surface area contributed by atoms with Crippen molar-refractivity contribution in [3.8, 4) is 0 Å². The predicted octanol–water partition coefficient (Wildman–Crippen LogP) is 4.77. The number of aryl methyl sites for hydroxylation is 2. The number of hydrogen-bond acceptors (Lipinski definition) is 2. The molecule has 1 N–H and O–H groups in total. The van der Waals surface area contributed by atoms with E-state index in [1.54, 1.807) is 12.1 Å². The van der Waals surface area contributed by atoms with Gasteiger partial charge in [0.15, 0.2) is 0 Å². The van der Waals surface area contributed by atoms with E-state index >= 15 is 0 Å². The highest BCUT2D eigenvalue weighted by Crippen LogP contribution is 2.29. The van der Waals surface area contributed by atoms with Gasteiger partial charge in [-0.25, -0.2) is 0 Å². The minimum Gasteiger partial charge on any atom is -0.282 e. The third-order valence-electron chi connectivity index (χ3n) is 4.00. The lowest BCUT2D eigenvalue weighted by atomic mass is 9.97. The van der Waals surface area contributed by atoms with Gasteiger partial charge in [0, 0.05) is 5.39 Å². The zero-order valence-electron chi connectivity index (χ0n) is 13.3. The molecule has 0 aliphatic rings. The van der Waals surface area contributed by atoms with Crippen molar-refractivity contribution in [3.63, 3.8) is 0 Å². The van der Waals surface area contributed by atoms with Crippen molar-refractivity contribution in [1.29, 1.82) is 0 Å².